The van der Waals surface area contributed by atoms with Crippen molar-refractivity contribution >= 4 is 27.7 Å². The normalized spacial score (nSPS) is 12.4. The van der Waals surface area contributed by atoms with Gasteiger partial charge in [-0.25, -0.2) is 9.97 Å². The monoisotopic (exact) mass is 323 g/mol. The summed E-state index contributed by atoms with van der Waals surface area (Å²) in [5.74, 6) is 0. The van der Waals surface area contributed by atoms with Crippen molar-refractivity contribution in [3.8, 4) is 0 Å². The predicted octanol–water partition coefficient (Wildman–Crippen LogP) is 3.67. The maximum absolute atomic E-state index is 4.45. The van der Waals surface area contributed by atoms with Gasteiger partial charge in [-0.05, 0) is 65.4 Å². The van der Waals surface area contributed by atoms with E-state index in [1.165, 1.54) is 5.56 Å². The van der Waals surface area contributed by atoms with Gasteiger partial charge in [-0.15, -0.1) is 0 Å². The Morgan fingerprint density at radius 3 is 2.72 bits per heavy atom. The molecule has 0 aliphatic rings. The molecule has 0 fully saturated rings. The van der Waals surface area contributed by atoms with Crippen molar-refractivity contribution in [3.63, 3.8) is 0 Å². The number of hydrogen-bond acceptors (Lipinski definition) is 4. The number of nitrogens with zero attached hydrogens (tertiary/aromatic N) is 2. The summed E-state index contributed by atoms with van der Waals surface area (Å²) in [6.45, 7) is 2.11. The summed E-state index contributed by atoms with van der Waals surface area (Å²) in [5.41, 5.74) is 1.18. The molecule has 94 valence electrons. The van der Waals surface area contributed by atoms with Gasteiger partial charge in [0.05, 0.1) is 4.47 Å². The van der Waals surface area contributed by atoms with Gasteiger partial charge >= 0.3 is 0 Å². The van der Waals surface area contributed by atoms with Gasteiger partial charge in [0.2, 0.25) is 0 Å². The van der Waals surface area contributed by atoms with E-state index in [1.807, 2.05) is 31.4 Å². The van der Waals surface area contributed by atoms with E-state index >= 15 is 0 Å². The molecular weight excluding hydrogens is 310 g/mol. The molecule has 1 atom stereocenters. The molecule has 5 heteroatoms. The largest absolute Gasteiger partial charge is 0.313 e. The minimum atomic E-state index is 0.318. The van der Waals surface area contributed by atoms with Crippen molar-refractivity contribution in [2.24, 2.45) is 0 Å². The van der Waals surface area contributed by atoms with Gasteiger partial charge in [0.25, 0.3) is 0 Å². The van der Waals surface area contributed by atoms with Crippen LogP contribution in [-0.4, -0.2) is 17.0 Å². The lowest BCUT2D eigenvalue weighted by molar-refractivity contribution is 0.648. The third-order valence-electron chi connectivity index (χ3n) is 2.62. The fraction of sp³-hybridized carbons (Fsp3) is 0.231. The van der Waals surface area contributed by atoms with E-state index in [-0.39, 0.29) is 0 Å². The van der Waals surface area contributed by atoms with Crippen molar-refractivity contribution < 1.29 is 0 Å². The number of hydrogen-bond donors (Lipinski definition) is 1. The van der Waals surface area contributed by atoms with Gasteiger partial charge in [-0.2, -0.15) is 0 Å². The number of halogens is 1. The Balaban J connectivity index is 2.14. The summed E-state index contributed by atoms with van der Waals surface area (Å²) in [6.07, 6.45) is 3.69. The molecule has 0 radical (unpaired) electrons. The summed E-state index contributed by atoms with van der Waals surface area (Å²) in [7, 11) is 1.94. The highest BCUT2D eigenvalue weighted by Gasteiger charge is 2.06. The van der Waals surface area contributed by atoms with Gasteiger partial charge in [-0.1, -0.05) is 6.07 Å². The Morgan fingerprint density at radius 2 is 2.11 bits per heavy atom. The average Bonchev–Trinajstić information content (AvgIpc) is 2.41. The maximum Gasteiger partial charge on any atom is 0.116 e. The maximum atomic E-state index is 4.45. The second-order valence-electron chi connectivity index (χ2n) is 3.83. The first-order chi connectivity index (χ1) is 8.70. The second-order valence-corrected chi connectivity index (χ2v) is 5.70. The van der Waals surface area contributed by atoms with Crippen LogP contribution in [0.1, 0.15) is 18.5 Å². The van der Waals surface area contributed by atoms with Crippen LogP contribution in [0.25, 0.3) is 0 Å². The SMILES string of the molecule is CNC(C)c1ccc(Sc2ncccc2Br)nc1. The first-order valence-electron chi connectivity index (χ1n) is 5.62. The Kier molecular flexibility index (Phi) is 4.74. The topological polar surface area (TPSA) is 37.8 Å². The van der Waals surface area contributed by atoms with Crippen molar-refractivity contribution in [1.29, 1.82) is 0 Å². The molecule has 0 spiro atoms. The third-order valence-corrected chi connectivity index (χ3v) is 4.49. The minimum absolute atomic E-state index is 0.318. The van der Waals surface area contributed by atoms with E-state index in [0.29, 0.717) is 6.04 Å². The van der Waals surface area contributed by atoms with Crippen LogP contribution >= 0.6 is 27.7 Å². The van der Waals surface area contributed by atoms with Crippen LogP contribution in [-0.2, 0) is 0 Å². The van der Waals surface area contributed by atoms with E-state index in [9.17, 15) is 0 Å². The van der Waals surface area contributed by atoms with Crippen LogP contribution in [0, 0.1) is 0 Å². The Morgan fingerprint density at radius 1 is 1.28 bits per heavy atom. The number of aromatic nitrogens is 2. The smallest absolute Gasteiger partial charge is 0.116 e. The lowest BCUT2D eigenvalue weighted by Gasteiger charge is -2.10. The lowest BCUT2D eigenvalue weighted by atomic mass is 10.1. The number of nitrogens with one attached hydrogen (secondary N) is 1. The van der Waals surface area contributed by atoms with Crippen molar-refractivity contribution in [2.75, 3.05) is 7.05 Å². The molecule has 0 amide bonds. The molecule has 2 rings (SSSR count). The fourth-order valence-electron chi connectivity index (χ4n) is 1.42. The van der Waals surface area contributed by atoms with Gasteiger partial charge < -0.3 is 5.32 Å². The average molecular weight is 324 g/mol. The molecular formula is C13H14BrN3S. The predicted molar refractivity (Wildman–Crippen MR) is 77.8 cm³/mol. The molecule has 0 saturated heterocycles. The molecule has 2 heterocycles. The van der Waals surface area contributed by atoms with Crippen molar-refractivity contribution in [2.45, 2.75) is 23.0 Å². The summed E-state index contributed by atoms with van der Waals surface area (Å²) in [5, 5.41) is 5.07. The standard InChI is InChI=1S/C13H14BrN3S/c1-9(15-2)10-5-6-12(17-8-10)18-13-11(14)4-3-7-16-13/h3-9,15H,1-2H3. The molecule has 0 aliphatic heterocycles. The fourth-order valence-corrected chi connectivity index (χ4v) is 2.64. The van der Waals surface area contributed by atoms with Gasteiger partial charge in [-0.3, -0.25) is 0 Å². The molecule has 0 saturated carbocycles. The Bertz CT molecular complexity index is 516. The first kappa shape index (κ1) is 13.5. The highest BCUT2D eigenvalue weighted by molar-refractivity contribution is 9.10. The number of rotatable bonds is 4. The molecule has 0 bridgehead atoms. The van der Waals surface area contributed by atoms with Crippen LogP contribution in [0.15, 0.2) is 51.2 Å². The zero-order chi connectivity index (χ0) is 13.0. The zero-order valence-electron chi connectivity index (χ0n) is 10.2. The molecule has 2 aromatic heterocycles. The molecule has 2 aromatic rings. The zero-order valence-corrected chi connectivity index (χ0v) is 12.6. The van der Waals surface area contributed by atoms with Crippen LogP contribution in [0.5, 0.6) is 0 Å². The van der Waals surface area contributed by atoms with E-state index in [4.69, 9.17) is 0 Å². The number of pyridine rings is 2. The molecule has 0 aromatic carbocycles. The quantitative estimate of drug-likeness (QED) is 0.931. The van der Waals surface area contributed by atoms with Gasteiger partial charge in [0.15, 0.2) is 0 Å². The molecule has 1 unspecified atom stereocenters. The highest BCUT2D eigenvalue weighted by atomic mass is 79.9. The minimum Gasteiger partial charge on any atom is -0.313 e. The third kappa shape index (κ3) is 3.31. The van der Waals surface area contributed by atoms with Crippen molar-refractivity contribution in [1.82, 2.24) is 15.3 Å². The van der Waals surface area contributed by atoms with Crippen LogP contribution in [0.4, 0.5) is 0 Å². The van der Waals surface area contributed by atoms with E-state index in [2.05, 4.69) is 44.2 Å². The second kappa shape index (κ2) is 6.31. The van der Waals surface area contributed by atoms with Gasteiger partial charge in [0.1, 0.15) is 10.1 Å². The molecule has 1 N–H and O–H groups in total. The summed E-state index contributed by atoms with van der Waals surface area (Å²) < 4.78 is 0.990. The van der Waals surface area contributed by atoms with Crippen LogP contribution in [0.3, 0.4) is 0 Å². The van der Waals surface area contributed by atoms with E-state index < -0.39 is 0 Å². The van der Waals surface area contributed by atoms with Crippen molar-refractivity contribution in [3.05, 3.63) is 46.7 Å². The molecule has 0 aliphatic carbocycles. The van der Waals surface area contributed by atoms with Gasteiger partial charge in [0, 0.05) is 18.4 Å². The molecule has 3 nitrogen and oxygen atoms in total. The Hall–Kier alpha value is -0.910. The Labute approximate surface area is 120 Å². The van der Waals surface area contributed by atoms with E-state index in [1.54, 1.807) is 18.0 Å². The van der Waals surface area contributed by atoms with Crippen LogP contribution < -0.4 is 5.32 Å². The highest BCUT2D eigenvalue weighted by Crippen LogP contribution is 2.30. The summed E-state index contributed by atoms with van der Waals surface area (Å²) >= 11 is 5.03. The first-order valence-corrected chi connectivity index (χ1v) is 7.23. The van der Waals surface area contributed by atoms with E-state index in [0.717, 1.165) is 14.5 Å². The molecule has 18 heavy (non-hydrogen) atoms. The lowest BCUT2D eigenvalue weighted by Crippen LogP contribution is -2.12. The summed E-state index contributed by atoms with van der Waals surface area (Å²) in [6, 6.07) is 8.31. The summed E-state index contributed by atoms with van der Waals surface area (Å²) in [4.78, 5) is 8.76. The van der Waals surface area contributed by atoms with Crippen LogP contribution in [0.2, 0.25) is 0 Å².